The van der Waals surface area contributed by atoms with E-state index in [9.17, 15) is 4.79 Å². The van der Waals surface area contributed by atoms with E-state index in [-0.39, 0.29) is 5.91 Å². The number of rotatable bonds is 9. The molecule has 27 heavy (non-hydrogen) atoms. The Kier molecular flexibility index (Phi) is 7.72. The molecule has 0 bridgehead atoms. The summed E-state index contributed by atoms with van der Waals surface area (Å²) in [5, 5.41) is 5.27. The molecule has 0 aliphatic carbocycles. The van der Waals surface area contributed by atoms with Gasteiger partial charge in [-0.3, -0.25) is 9.69 Å². The molecule has 146 valence electrons. The third-order valence-corrected chi connectivity index (χ3v) is 6.16. The van der Waals surface area contributed by atoms with Crippen LogP contribution in [0.4, 0.5) is 0 Å². The summed E-state index contributed by atoms with van der Waals surface area (Å²) in [6.07, 6.45) is 3.71. The Morgan fingerprint density at radius 1 is 1.22 bits per heavy atom. The molecule has 0 saturated carbocycles. The number of carbonyl (C=O) groups excluding carboxylic acids is 1. The van der Waals surface area contributed by atoms with Crippen molar-refractivity contribution in [1.29, 1.82) is 0 Å². The van der Waals surface area contributed by atoms with E-state index >= 15 is 0 Å². The first-order chi connectivity index (χ1) is 13.2. The zero-order valence-corrected chi connectivity index (χ0v) is 16.9. The van der Waals surface area contributed by atoms with Gasteiger partial charge in [0.05, 0.1) is 12.6 Å². The third kappa shape index (κ3) is 6.36. The van der Waals surface area contributed by atoms with Gasteiger partial charge in [-0.1, -0.05) is 31.2 Å². The molecule has 1 saturated heterocycles. The number of thiophene rings is 1. The zero-order valence-electron chi connectivity index (χ0n) is 16.1. The maximum absolute atomic E-state index is 12.3. The lowest BCUT2D eigenvalue weighted by atomic mass is 9.97. The minimum absolute atomic E-state index is 0.110. The number of hydrogen-bond donors (Lipinski definition) is 1. The average molecular weight is 387 g/mol. The van der Waals surface area contributed by atoms with Gasteiger partial charge in [0.25, 0.3) is 0 Å². The summed E-state index contributed by atoms with van der Waals surface area (Å²) in [4.78, 5) is 16.2. The molecular formula is C22H30N2O2S. The molecule has 0 spiro atoms. The lowest BCUT2D eigenvalue weighted by Gasteiger charge is -2.36. The summed E-state index contributed by atoms with van der Waals surface area (Å²) >= 11 is 1.78. The topological polar surface area (TPSA) is 41.6 Å². The highest BCUT2D eigenvalue weighted by atomic mass is 32.1. The van der Waals surface area contributed by atoms with E-state index in [0.29, 0.717) is 25.6 Å². The normalized spacial score (nSPS) is 16.8. The van der Waals surface area contributed by atoms with Crippen molar-refractivity contribution >= 4 is 17.2 Å². The monoisotopic (exact) mass is 386 g/mol. The van der Waals surface area contributed by atoms with Crippen LogP contribution in [0.3, 0.4) is 0 Å². The summed E-state index contributed by atoms with van der Waals surface area (Å²) in [5.74, 6) is 1.78. The second kappa shape index (κ2) is 10.5. The van der Waals surface area contributed by atoms with Gasteiger partial charge in [0.2, 0.25) is 5.91 Å². The van der Waals surface area contributed by atoms with Crippen molar-refractivity contribution in [2.75, 3.05) is 26.2 Å². The highest BCUT2D eigenvalue weighted by Crippen LogP contribution is 2.29. The van der Waals surface area contributed by atoms with Crippen LogP contribution in [0.2, 0.25) is 0 Å². The highest BCUT2D eigenvalue weighted by molar-refractivity contribution is 7.10. The van der Waals surface area contributed by atoms with Crippen molar-refractivity contribution in [3.63, 3.8) is 0 Å². The standard InChI is InChI=1S/C22H30N2O2S/c1-18-11-13-24(14-12-18)20(21-9-6-16-27-21)17-23-22(25)10-5-15-26-19-7-3-2-4-8-19/h2-4,6-9,16,18,20H,5,10-15,17H2,1H3,(H,23,25). The second-order valence-electron chi connectivity index (χ2n) is 7.32. The quantitative estimate of drug-likeness (QED) is 0.645. The van der Waals surface area contributed by atoms with Gasteiger partial charge in [-0.2, -0.15) is 0 Å². The molecule has 3 rings (SSSR count). The predicted molar refractivity (Wildman–Crippen MR) is 111 cm³/mol. The fourth-order valence-corrected chi connectivity index (χ4v) is 4.33. The first kappa shape index (κ1) is 19.9. The van der Waals surface area contributed by atoms with Crippen molar-refractivity contribution in [1.82, 2.24) is 10.2 Å². The Balaban J connectivity index is 1.42. The summed E-state index contributed by atoms with van der Waals surface area (Å²) in [5.41, 5.74) is 0. The van der Waals surface area contributed by atoms with Crippen LogP contribution in [0.5, 0.6) is 5.75 Å². The van der Waals surface area contributed by atoms with Gasteiger partial charge in [0.15, 0.2) is 0 Å². The van der Waals surface area contributed by atoms with E-state index < -0.39 is 0 Å². The Morgan fingerprint density at radius 3 is 2.70 bits per heavy atom. The molecule has 1 aromatic heterocycles. The number of amides is 1. The minimum atomic E-state index is 0.110. The molecule has 5 heteroatoms. The molecule has 0 radical (unpaired) electrons. The van der Waals surface area contributed by atoms with Crippen LogP contribution >= 0.6 is 11.3 Å². The lowest BCUT2D eigenvalue weighted by molar-refractivity contribution is -0.121. The van der Waals surface area contributed by atoms with Crippen molar-refractivity contribution < 1.29 is 9.53 Å². The van der Waals surface area contributed by atoms with Crippen LogP contribution < -0.4 is 10.1 Å². The number of benzene rings is 1. The smallest absolute Gasteiger partial charge is 0.220 e. The fraction of sp³-hybridized carbons (Fsp3) is 0.500. The molecule has 2 aromatic rings. The molecule has 1 N–H and O–H groups in total. The fourth-order valence-electron chi connectivity index (χ4n) is 3.47. The third-order valence-electron chi connectivity index (χ3n) is 5.18. The molecule has 1 aliphatic rings. The maximum Gasteiger partial charge on any atom is 0.220 e. The Bertz CT molecular complexity index is 667. The number of nitrogens with one attached hydrogen (secondary N) is 1. The summed E-state index contributed by atoms with van der Waals surface area (Å²) < 4.78 is 5.66. The SMILES string of the molecule is CC1CCN(C(CNC(=O)CCCOc2ccccc2)c2cccs2)CC1. The Labute approximate surface area is 166 Å². The number of para-hydroxylation sites is 1. The summed E-state index contributed by atoms with van der Waals surface area (Å²) in [7, 11) is 0. The molecule has 2 heterocycles. The molecule has 1 aliphatic heterocycles. The number of likely N-dealkylation sites (tertiary alicyclic amines) is 1. The first-order valence-electron chi connectivity index (χ1n) is 9.94. The molecule has 4 nitrogen and oxygen atoms in total. The number of nitrogens with zero attached hydrogens (tertiary/aromatic N) is 1. The van der Waals surface area contributed by atoms with Gasteiger partial charge in [0, 0.05) is 17.8 Å². The van der Waals surface area contributed by atoms with Crippen molar-refractivity contribution in [2.45, 2.75) is 38.6 Å². The molecular weight excluding hydrogens is 356 g/mol. The highest BCUT2D eigenvalue weighted by Gasteiger charge is 2.25. The largest absolute Gasteiger partial charge is 0.494 e. The second-order valence-corrected chi connectivity index (χ2v) is 8.30. The number of hydrogen-bond acceptors (Lipinski definition) is 4. The number of piperidine rings is 1. The van der Waals surface area contributed by atoms with Crippen LogP contribution in [0, 0.1) is 5.92 Å². The first-order valence-corrected chi connectivity index (χ1v) is 10.8. The van der Waals surface area contributed by atoms with Gasteiger partial charge in [0.1, 0.15) is 5.75 Å². The minimum Gasteiger partial charge on any atom is -0.494 e. The summed E-state index contributed by atoms with van der Waals surface area (Å²) in [6.45, 7) is 5.81. The molecule has 1 aromatic carbocycles. The van der Waals surface area contributed by atoms with E-state index in [1.54, 1.807) is 11.3 Å². The van der Waals surface area contributed by atoms with Gasteiger partial charge in [-0.15, -0.1) is 11.3 Å². The predicted octanol–water partition coefficient (Wildman–Crippen LogP) is 4.50. The van der Waals surface area contributed by atoms with Gasteiger partial charge in [-0.05, 0) is 61.8 Å². The Hall–Kier alpha value is -1.85. The maximum atomic E-state index is 12.3. The number of ether oxygens (including phenoxy) is 1. The van der Waals surface area contributed by atoms with E-state index in [1.165, 1.54) is 17.7 Å². The average Bonchev–Trinajstić information content (AvgIpc) is 3.22. The van der Waals surface area contributed by atoms with Crippen LogP contribution in [0.15, 0.2) is 47.8 Å². The van der Waals surface area contributed by atoms with Crippen molar-refractivity contribution in [2.24, 2.45) is 5.92 Å². The summed E-state index contributed by atoms with van der Waals surface area (Å²) in [6, 6.07) is 14.3. The van der Waals surface area contributed by atoms with E-state index in [0.717, 1.165) is 31.2 Å². The van der Waals surface area contributed by atoms with Crippen molar-refractivity contribution in [3.05, 3.63) is 52.7 Å². The molecule has 1 unspecified atom stereocenters. The van der Waals surface area contributed by atoms with Crippen molar-refractivity contribution in [3.8, 4) is 5.75 Å². The Morgan fingerprint density at radius 2 is 2.00 bits per heavy atom. The van der Waals surface area contributed by atoms with Crippen LogP contribution in [0.25, 0.3) is 0 Å². The van der Waals surface area contributed by atoms with Crippen LogP contribution in [-0.4, -0.2) is 37.0 Å². The van der Waals surface area contributed by atoms with E-state index in [1.807, 2.05) is 30.3 Å². The number of carbonyl (C=O) groups is 1. The molecule has 1 atom stereocenters. The van der Waals surface area contributed by atoms with Gasteiger partial charge < -0.3 is 10.1 Å². The van der Waals surface area contributed by atoms with Crippen LogP contribution in [-0.2, 0) is 4.79 Å². The zero-order chi connectivity index (χ0) is 18.9. The lowest BCUT2D eigenvalue weighted by Crippen LogP contribution is -2.41. The van der Waals surface area contributed by atoms with Gasteiger partial charge in [-0.25, -0.2) is 0 Å². The molecule has 1 amide bonds. The van der Waals surface area contributed by atoms with Gasteiger partial charge >= 0.3 is 0 Å². The van der Waals surface area contributed by atoms with E-state index in [4.69, 9.17) is 4.74 Å². The van der Waals surface area contributed by atoms with E-state index in [2.05, 4.69) is 34.7 Å². The van der Waals surface area contributed by atoms with Crippen LogP contribution in [0.1, 0.15) is 43.5 Å². The molecule has 1 fully saturated rings.